The molecule has 3 N–H and O–H groups in total. The lowest BCUT2D eigenvalue weighted by molar-refractivity contribution is -0.138. The van der Waals surface area contributed by atoms with Crippen molar-refractivity contribution in [2.24, 2.45) is 10.7 Å². The number of nitrogens with two attached hydrogens (primary N) is 1. The molecule has 1 unspecified atom stereocenters. The van der Waals surface area contributed by atoms with Gasteiger partial charge in [0, 0.05) is 20.1 Å². The Bertz CT molecular complexity index is 661. The van der Waals surface area contributed by atoms with Gasteiger partial charge in [0.2, 0.25) is 0 Å². The molecule has 3 atom stereocenters. The minimum atomic E-state index is -1.73. The van der Waals surface area contributed by atoms with Gasteiger partial charge in [-0.1, -0.05) is 24.3 Å². The maximum Gasteiger partial charge on any atom is 0.256 e. The average molecular weight is 331 g/mol. The van der Waals surface area contributed by atoms with E-state index in [-0.39, 0.29) is 6.04 Å². The third-order valence-electron chi connectivity index (χ3n) is 5.17. The fraction of sp³-hybridized carbons (Fsp3) is 0.556. The summed E-state index contributed by atoms with van der Waals surface area (Å²) in [7, 11) is 1.99. The molecule has 2 aliphatic rings. The van der Waals surface area contributed by atoms with Gasteiger partial charge in [0.1, 0.15) is 0 Å². The number of carbonyl (C=O) groups is 1. The zero-order chi connectivity index (χ0) is 17.3. The summed E-state index contributed by atoms with van der Waals surface area (Å²) in [5.41, 5.74) is 5.33. The number of carbonyl (C=O) groups excluding carboxylic acids is 1. The van der Waals surface area contributed by atoms with Gasteiger partial charge >= 0.3 is 0 Å². The molecule has 6 heteroatoms. The van der Waals surface area contributed by atoms with Crippen LogP contribution >= 0.6 is 0 Å². The first-order chi connectivity index (χ1) is 11.5. The fourth-order valence-corrected chi connectivity index (χ4v) is 3.70. The molecule has 0 aromatic heterocycles. The van der Waals surface area contributed by atoms with Crippen LogP contribution in [0.25, 0.3) is 0 Å². The van der Waals surface area contributed by atoms with Crippen molar-refractivity contribution < 1.29 is 14.6 Å². The third-order valence-corrected chi connectivity index (χ3v) is 5.17. The van der Waals surface area contributed by atoms with Gasteiger partial charge in [-0.05, 0) is 30.9 Å². The van der Waals surface area contributed by atoms with Crippen LogP contribution in [0, 0.1) is 0 Å². The molecule has 0 saturated carbocycles. The molecular weight excluding hydrogens is 306 g/mol. The molecule has 130 valence electrons. The van der Waals surface area contributed by atoms with Crippen LogP contribution in [-0.4, -0.2) is 54.1 Å². The number of amidine groups is 1. The number of aliphatic hydroxyl groups is 1. The molecule has 1 heterocycles. The predicted molar refractivity (Wildman–Crippen MR) is 91.7 cm³/mol. The number of primary amides is 1. The predicted octanol–water partition coefficient (Wildman–Crippen LogP) is 0.813. The number of fused-ring (bicyclic) bond motifs is 1. The Balaban J connectivity index is 1.86. The van der Waals surface area contributed by atoms with E-state index in [4.69, 9.17) is 15.5 Å². The first-order valence-electron chi connectivity index (χ1n) is 8.46. The molecule has 1 saturated heterocycles. The number of ether oxygens (including phenoxy) is 1. The first-order valence-corrected chi connectivity index (χ1v) is 8.46. The van der Waals surface area contributed by atoms with Crippen molar-refractivity contribution in [3.8, 4) is 0 Å². The van der Waals surface area contributed by atoms with E-state index in [1.54, 1.807) is 6.07 Å². The van der Waals surface area contributed by atoms with Crippen LogP contribution in [0.5, 0.6) is 0 Å². The minimum absolute atomic E-state index is 0.286. The molecule has 1 aliphatic carbocycles. The van der Waals surface area contributed by atoms with Crippen molar-refractivity contribution >= 4 is 11.7 Å². The van der Waals surface area contributed by atoms with Gasteiger partial charge in [-0.25, -0.2) is 0 Å². The van der Waals surface area contributed by atoms with Gasteiger partial charge in [0.25, 0.3) is 5.91 Å². The molecule has 0 radical (unpaired) electrons. The first kappa shape index (κ1) is 16.9. The lowest BCUT2D eigenvalue weighted by atomic mass is 9.92. The Morgan fingerprint density at radius 3 is 2.96 bits per heavy atom. The van der Waals surface area contributed by atoms with Crippen LogP contribution in [0.2, 0.25) is 0 Å². The summed E-state index contributed by atoms with van der Waals surface area (Å²) < 4.78 is 5.52. The van der Waals surface area contributed by atoms with E-state index in [2.05, 4.69) is 4.90 Å². The van der Waals surface area contributed by atoms with E-state index in [0.717, 1.165) is 24.2 Å². The van der Waals surface area contributed by atoms with Crippen molar-refractivity contribution in [1.29, 1.82) is 0 Å². The number of hydrogen-bond donors (Lipinski definition) is 2. The van der Waals surface area contributed by atoms with Crippen molar-refractivity contribution in [2.75, 3.05) is 20.3 Å². The van der Waals surface area contributed by atoms with Crippen LogP contribution in [0.4, 0.5) is 0 Å². The van der Waals surface area contributed by atoms with E-state index in [1.807, 2.05) is 32.2 Å². The highest BCUT2D eigenvalue weighted by molar-refractivity contribution is 5.89. The maximum absolute atomic E-state index is 12.0. The van der Waals surface area contributed by atoms with Crippen molar-refractivity contribution in [3.63, 3.8) is 0 Å². The van der Waals surface area contributed by atoms with Gasteiger partial charge in [-0.15, -0.1) is 0 Å². The summed E-state index contributed by atoms with van der Waals surface area (Å²) in [5, 5.41) is 11.0. The van der Waals surface area contributed by atoms with Crippen LogP contribution in [-0.2, 0) is 21.6 Å². The minimum Gasteiger partial charge on any atom is -0.380 e. The third kappa shape index (κ3) is 2.70. The number of likely N-dealkylation sites (tertiary alicyclic amines) is 1. The van der Waals surface area contributed by atoms with Gasteiger partial charge < -0.3 is 20.5 Å². The Kier molecular flexibility index (Phi) is 4.60. The fourth-order valence-electron chi connectivity index (χ4n) is 3.70. The van der Waals surface area contributed by atoms with Gasteiger partial charge in [0.05, 0.1) is 24.5 Å². The number of nitrogens with zero attached hydrogens (tertiary/aromatic N) is 2. The Morgan fingerprint density at radius 1 is 1.50 bits per heavy atom. The molecule has 1 aliphatic heterocycles. The number of likely N-dealkylation sites (N-methyl/N-ethyl adjacent to an activating group) is 1. The van der Waals surface area contributed by atoms with Crippen LogP contribution in [0.1, 0.15) is 30.9 Å². The van der Waals surface area contributed by atoms with Crippen LogP contribution < -0.4 is 5.73 Å². The number of amides is 1. The summed E-state index contributed by atoms with van der Waals surface area (Å²) in [5.74, 6) is 0.158. The number of benzene rings is 1. The highest BCUT2D eigenvalue weighted by atomic mass is 16.5. The summed E-state index contributed by atoms with van der Waals surface area (Å²) in [4.78, 5) is 18.9. The average Bonchev–Trinajstić information content (AvgIpc) is 3.06. The molecular formula is C18H25N3O3. The van der Waals surface area contributed by atoms with Gasteiger partial charge in [0.15, 0.2) is 5.60 Å². The number of hydrogen-bond acceptors (Lipinski definition) is 4. The zero-order valence-electron chi connectivity index (χ0n) is 14.2. The van der Waals surface area contributed by atoms with E-state index in [1.165, 1.54) is 0 Å². The lowest BCUT2D eigenvalue weighted by Gasteiger charge is -2.27. The topological polar surface area (TPSA) is 88.1 Å². The van der Waals surface area contributed by atoms with Gasteiger partial charge in [-0.3, -0.25) is 9.79 Å². The Labute approximate surface area is 142 Å². The molecule has 1 aromatic rings. The van der Waals surface area contributed by atoms with Crippen LogP contribution in [0.3, 0.4) is 0 Å². The molecule has 1 amide bonds. The smallest absolute Gasteiger partial charge is 0.256 e. The van der Waals surface area contributed by atoms with Gasteiger partial charge in [-0.2, -0.15) is 0 Å². The SMILES string of the molecule is CCOC[C@@H]1CCC(=NC2Cc3ccccc3[C@]2(O)C(N)=O)N1C. The van der Waals surface area contributed by atoms with E-state index >= 15 is 0 Å². The lowest BCUT2D eigenvalue weighted by Crippen LogP contribution is -2.48. The second kappa shape index (κ2) is 6.53. The Hall–Kier alpha value is -1.92. The summed E-state index contributed by atoms with van der Waals surface area (Å²) >= 11 is 0. The highest BCUT2D eigenvalue weighted by Gasteiger charge is 2.50. The van der Waals surface area contributed by atoms with Crippen molar-refractivity contribution in [1.82, 2.24) is 4.90 Å². The van der Waals surface area contributed by atoms with Crippen LogP contribution in [0.15, 0.2) is 29.3 Å². The summed E-state index contributed by atoms with van der Waals surface area (Å²) in [6, 6.07) is 7.10. The maximum atomic E-state index is 12.0. The van der Waals surface area contributed by atoms with E-state index in [9.17, 15) is 9.90 Å². The molecule has 0 spiro atoms. The molecule has 3 rings (SSSR count). The second-order valence-electron chi connectivity index (χ2n) is 6.52. The normalized spacial score (nSPS) is 30.8. The zero-order valence-corrected chi connectivity index (χ0v) is 14.2. The second-order valence-corrected chi connectivity index (χ2v) is 6.52. The highest BCUT2D eigenvalue weighted by Crippen LogP contribution is 2.39. The largest absolute Gasteiger partial charge is 0.380 e. The Morgan fingerprint density at radius 2 is 2.25 bits per heavy atom. The summed E-state index contributed by atoms with van der Waals surface area (Å²) in [6.45, 7) is 3.33. The number of aliphatic imine (C=N–C) groups is 1. The summed E-state index contributed by atoms with van der Waals surface area (Å²) in [6.07, 6.45) is 2.29. The molecule has 0 bridgehead atoms. The van der Waals surface area contributed by atoms with E-state index in [0.29, 0.717) is 25.2 Å². The monoisotopic (exact) mass is 331 g/mol. The van der Waals surface area contributed by atoms with E-state index < -0.39 is 17.6 Å². The molecule has 6 nitrogen and oxygen atoms in total. The van der Waals surface area contributed by atoms with Crippen molar-refractivity contribution in [3.05, 3.63) is 35.4 Å². The quantitative estimate of drug-likeness (QED) is 0.836. The molecule has 1 fully saturated rings. The number of rotatable bonds is 5. The standard InChI is InChI=1S/C18H25N3O3/c1-3-24-11-13-8-9-16(21(13)2)20-15-10-12-6-4-5-7-14(12)18(15,23)17(19)22/h4-7,13,15,23H,3,8-11H2,1-2H3,(H2,19,22)/t13-,15?,18+/m0/s1. The molecule has 24 heavy (non-hydrogen) atoms. The van der Waals surface area contributed by atoms with Crippen molar-refractivity contribution in [2.45, 2.75) is 43.9 Å². The molecule has 1 aromatic carbocycles.